The number of aromatic nitrogens is 2. The normalized spacial score (nSPS) is 10.5. The van der Waals surface area contributed by atoms with E-state index >= 15 is 0 Å². The van der Waals surface area contributed by atoms with Crippen LogP contribution < -0.4 is 21.8 Å². The number of benzene rings is 1. The zero-order valence-electron chi connectivity index (χ0n) is 15.5. The predicted molar refractivity (Wildman–Crippen MR) is 100 cm³/mol. The lowest BCUT2D eigenvalue weighted by Gasteiger charge is -2.18. The van der Waals surface area contributed by atoms with Crippen LogP contribution >= 0.6 is 0 Å². The summed E-state index contributed by atoms with van der Waals surface area (Å²) in [6.07, 6.45) is 0. The molecular formula is C17H23N5O4. The van der Waals surface area contributed by atoms with Gasteiger partial charge in [-0.05, 0) is 19.1 Å². The fraction of sp³-hybridized carbons (Fsp3) is 0.353. The molecule has 0 aliphatic rings. The second kappa shape index (κ2) is 7.34. The standard InChI is InChI=1S/C17H23N5O4/c1-6-18-12-13(17(26)22(5)21(4)16(12)25)19-11-9-7-8-10(14(11)23)15(24)20(2)3/h7-9,18-19,23H,6H2,1-5H3. The summed E-state index contributed by atoms with van der Waals surface area (Å²) in [6.45, 7) is 2.23. The van der Waals surface area contributed by atoms with E-state index in [4.69, 9.17) is 0 Å². The monoisotopic (exact) mass is 361 g/mol. The Balaban J connectivity index is 2.63. The van der Waals surface area contributed by atoms with Crippen LogP contribution in [0.4, 0.5) is 17.1 Å². The molecule has 0 bridgehead atoms. The van der Waals surface area contributed by atoms with Gasteiger partial charge in [-0.3, -0.25) is 14.4 Å². The molecule has 1 amide bonds. The molecule has 9 nitrogen and oxygen atoms in total. The van der Waals surface area contributed by atoms with Gasteiger partial charge < -0.3 is 20.6 Å². The van der Waals surface area contributed by atoms with E-state index in [1.807, 2.05) is 0 Å². The highest BCUT2D eigenvalue weighted by molar-refractivity contribution is 5.98. The fourth-order valence-electron chi connectivity index (χ4n) is 2.46. The van der Waals surface area contributed by atoms with Gasteiger partial charge in [0.15, 0.2) is 5.75 Å². The summed E-state index contributed by atoms with van der Waals surface area (Å²) in [5.41, 5.74) is -0.500. The van der Waals surface area contributed by atoms with E-state index in [1.54, 1.807) is 27.1 Å². The Kier molecular flexibility index (Phi) is 5.39. The molecule has 9 heteroatoms. The van der Waals surface area contributed by atoms with Crippen molar-refractivity contribution in [1.82, 2.24) is 14.3 Å². The number of nitrogens with zero attached hydrogens (tertiary/aromatic N) is 3. The van der Waals surface area contributed by atoms with Crippen LogP contribution in [0, 0.1) is 0 Å². The quantitative estimate of drug-likeness (QED) is 0.676. The van der Waals surface area contributed by atoms with Crippen molar-refractivity contribution in [2.24, 2.45) is 14.1 Å². The van der Waals surface area contributed by atoms with E-state index in [9.17, 15) is 19.5 Å². The van der Waals surface area contributed by atoms with Gasteiger partial charge in [0, 0.05) is 34.7 Å². The summed E-state index contributed by atoms with van der Waals surface area (Å²) >= 11 is 0. The molecule has 2 rings (SSSR count). The van der Waals surface area contributed by atoms with Crippen molar-refractivity contribution in [3.05, 3.63) is 44.5 Å². The number of phenolic OH excluding ortho intramolecular Hbond substituents is 1. The van der Waals surface area contributed by atoms with Gasteiger partial charge >= 0.3 is 0 Å². The van der Waals surface area contributed by atoms with Crippen molar-refractivity contribution in [2.45, 2.75) is 6.92 Å². The Morgan fingerprint density at radius 2 is 1.69 bits per heavy atom. The molecule has 26 heavy (non-hydrogen) atoms. The minimum atomic E-state index is -0.452. The summed E-state index contributed by atoms with van der Waals surface area (Å²) in [7, 11) is 6.10. The zero-order valence-corrected chi connectivity index (χ0v) is 15.5. The van der Waals surface area contributed by atoms with Crippen molar-refractivity contribution in [2.75, 3.05) is 31.3 Å². The summed E-state index contributed by atoms with van der Waals surface area (Å²) < 4.78 is 2.36. The third kappa shape index (κ3) is 3.28. The van der Waals surface area contributed by atoms with Gasteiger partial charge in [-0.15, -0.1) is 0 Å². The molecule has 0 radical (unpaired) electrons. The van der Waals surface area contributed by atoms with Crippen LogP contribution in [-0.4, -0.2) is 45.9 Å². The Hall–Kier alpha value is -3.23. The van der Waals surface area contributed by atoms with Gasteiger partial charge in [-0.2, -0.15) is 0 Å². The maximum absolute atomic E-state index is 12.6. The Labute approximate surface area is 150 Å². The first kappa shape index (κ1) is 19.1. The maximum atomic E-state index is 12.6. The summed E-state index contributed by atoms with van der Waals surface area (Å²) in [5, 5.41) is 16.1. The molecule has 0 aliphatic carbocycles. The van der Waals surface area contributed by atoms with Crippen LogP contribution in [0.2, 0.25) is 0 Å². The second-order valence-electron chi connectivity index (χ2n) is 5.96. The van der Waals surface area contributed by atoms with Crippen molar-refractivity contribution in [3.8, 4) is 5.75 Å². The average Bonchev–Trinajstić information content (AvgIpc) is 2.61. The third-order valence-electron chi connectivity index (χ3n) is 4.00. The molecule has 0 aliphatic heterocycles. The van der Waals surface area contributed by atoms with E-state index in [-0.39, 0.29) is 34.3 Å². The van der Waals surface area contributed by atoms with Crippen LogP contribution in [0.1, 0.15) is 17.3 Å². The van der Waals surface area contributed by atoms with Crippen LogP contribution in [-0.2, 0) is 14.1 Å². The van der Waals surface area contributed by atoms with Crippen LogP contribution in [0.3, 0.4) is 0 Å². The maximum Gasteiger partial charge on any atom is 0.290 e. The van der Waals surface area contributed by atoms with E-state index in [1.165, 1.54) is 35.8 Å². The van der Waals surface area contributed by atoms with Gasteiger partial charge in [0.05, 0.1) is 11.3 Å². The summed E-state index contributed by atoms with van der Waals surface area (Å²) in [5.74, 6) is -0.675. The van der Waals surface area contributed by atoms with Crippen LogP contribution in [0.15, 0.2) is 27.8 Å². The highest BCUT2D eigenvalue weighted by Gasteiger charge is 2.20. The van der Waals surface area contributed by atoms with E-state index in [0.29, 0.717) is 6.54 Å². The van der Waals surface area contributed by atoms with Crippen molar-refractivity contribution in [3.63, 3.8) is 0 Å². The second-order valence-corrected chi connectivity index (χ2v) is 5.96. The first-order valence-corrected chi connectivity index (χ1v) is 8.05. The van der Waals surface area contributed by atoms with Crippen molar-refractivity contribution in [1.29, 1.82) is 0 Å². The SMILES string of the molecule is CCNc1c(Nc2cccc(C(=O)N(C)C)c2O)c(=O)n(C)n(C)c1=O. The Morgan fingerprint density at radius 3 is 2.23 bits per heavy atom. The van der Waals surface area contributed by atoms with Crippen LogP contribution in [0.5, 0.6) is 5.75 Å². The molecule has 0 spiro atoms. The number of hydrogen-bond donors (Lipinski definition) is 3. The number of anilines is 3. The molecule has 1 aromatic heterocycles. The fourth-order valence-corrected chi connectivity index (χ4v) is 2.46. The van der Waals surface area contributed by atoms with Crippen molar-refractivity contribution < 1.29 is 9.90 Å². The Bertz CT molecular complexity index is 959. The number of carbonyl (C=O) groups is 1. The van der Waals surface area contributed by atoms with Gasteiger partial charge in [0.25, 0.3) is 17.0 Å². The first-order chi connectivity index (χ1) is 12.2. The molecule has 140 valence electrons. The molecular weight excluding hydrogens is 338 g/mol. The molecule has 3 N–H and O–H groups in total. The first-order valence-electron chi connectivity index (χ1n) is 8.05. The number of amides is 1. The number of rotatable bonds is 5. The van der Waals surface area contributed by atoms with Gasteiger partial charge in [0.2, 0.25) is 0 Å². The lowest BCUT2D eigenvalue weighted by molar-refractivity contribution is 0.0824. The summed E-state index contributed by atoms with van der Waals surface area (Å²) in [6, 6.07) is 4.59. The third-order valence-corrected chi connectivity index (χ3v) is 4.00. The molecule has 2 aromatic rings. The largest absolute Gasteiger partial charge is 0.505 e. The van der Waals surface area contributed by atoms with Gasteiger partial charge in [0.1, 0.15) is 11.4 Å². The predicted octanol–water partition coefficient (Wildman–Crippen LogP) is 0.667. The van der Waals surface area contributed by atoms with E-state index in [0.717, 1.165) is 4.68 Å². The lowest BCUT2D eigenvalue weighted by Crippen LogP contribution is -2.38. The topological polar surface area (TPSA) is 109 Å². The average molecular weight is 361 g/mol. The number of aromatic hydroxyl groups is 1. The number of para-hydroxylation sites is 1. The number of hydrogen-bond acceptors (Lipinski definition) is 6. The number of nitrogens with one attached hydrogen (secondary N) is 2. The number of phenols is 1. The highest BCUT2D eigenvalue weighted by Crippen LogP contribution is 2.31. The molecule has 0 saturated heterocycles. The molecule has 1 aromatic carbocycles. The molecule has 1 heterocycles. The highest BCUT2D eigenvalue weighted by atomic mass is 16.3. The zero-order chi connectivity index (χ0) is 19.6. The number of carbonyl (C=O) groups excluding carboxylic acids is 1. The minimum Gasteiger partial charge on any atom is -0.505 e. The molecule has 0 saturated carbocycles. The van der Waals surface area contributed by atoms with E-state index < -0.39 is 11.1 Å². The smallest absolute Gasteiger partial charge is 0.290 e. The van der Waals surface area contributed by atoms with Crippen molar-refractivity contribution >= 4 is 23.0 Å². The van der Waals surface area contributed by atoms with Gasteiger partial charge in [-0.1, -0.05) is 6.07 Å². The van der Waals surface area contributed by atoms with Gasteiger partial charge in [-0.25, -0.2) is 9.36 Å². The van der Waals surface area contributed by atoms with E-state index in [2.05, 4.69) is 10.6 Å². The molecule has 0 atom stereocenters. The Morgan fingerprint density at radius 1 is 1.12 bits per heavy atom. The minimum absolute atomic E-state index is 0.00204. The van der Waals surface area contributed by atoms with Crippen LogP contribution in [0.25, 0.3) is 0 Å². The lowest BCUT2D eigenvalue weighted by atomic mass is 10.1. The molecule has 0 fully saturated rings. The summed E-state index contributed by atoms with van der Waals surface area (Å²) in [4.78, 5) is 38.6. The molecule has 0 unspecified atom stereocenters.